The van der Waals surface area contributed by atoms with Gasteiger partial charge in [-0.25, -0.2) is 0 Å². The second-order valence-electron chi connectivity index (χ2n) is 6.30. The Kier molecular flexibility index (Phi) is 6.67. The smallest absolute Gasteiger partial charge is 0.0683 e. The van der Waals surface area contributed by atoms with Crippen molar-refractivity contribution in [1.82, 2.24) is 9.80 Å². The number of unbranched alkanes of at least 4 members (excludes halogenated alkanes) is 1. The molecule has 0 aromatic heterocycles. The molecule has 0 aromatic carbocycles. The van der Waals surface area contributed by atoms with E-state index in [0.717, 1.165) is 19.4 Å². The summed E-state index contributed by atoms with van der Waals surface area (Å²) in [6.07, 6.45) is 6.15. The van der Waals surface area contributed by atoms with Gasteiger partial charge in [-0.15, -0.1) is 0 Å². The fourth-order valence-electron chi connectivity index (χ4n) is 2.43. The van der Waals surface area contributed by atoms with Gasteiger partial charge in [0, 0.05) is 13.1 Å². The lowest BCUT2D eigenvalue weighted by Gasteiger charge is -2.21. The van der Waals surface area contributed by atoms with Crippen LogP contribution in [0.4, 0.5) is 0 Å². The second kappa shape index (κ2) is 7.76. The van der Waals surface area contributed by atoms with E-state index in [9.17, 15) is 0 Å². The first-order valence-corrected chi connectivity index (χ1v) is 7.36. The normalized spacial score (nSPS) is 17.3. The van der Waals surface area contributed by atoms with Crippen LogP contribution in [-0.4, -0.2) is 49.6 Å². The lowest BCUT2D eigenvalue weighted by molar-refractivity contribution is 0.251. The Hall–Kier alpha value is -0.590. The fraction of sp³-hybridized carbons (Fsp3) is 0.933. The van der Waals surface area contributed by atoms with Crippen LogP contribution in [0.25, 0.3) is 0 Å². The summed E-state index contributed by atoms with van der Waals surface area (Å²) in [7, 11) is 2.21. The summed E-state index contributed by atoms with van der Waals surface area (Å²) in [5.74, 6) is 0. The minimum Gasteiger partial charge on any atom is -0.305 e. The molecule has 0 N–H and O–H groups in total. The van der Waals surface area contributed by atoms with Crippen molar-refractivity contribution in [1.29, 1.82) is 5.26 Å². The molecule has 3 heteroatoms. The van der Waals surface area contributed by atoms with E-state index in [1.54, 1.807) is 0 Å². The van der Waals surface area contributed by atoms with Gasteiger partial charge in [-0.3, -0.25) is 0 Å². The zero-order valence-electron chi connectivity index (χ0n) is 12.4. The number of nitriles is 1. The molecule has 0 aromatic rings. The lowest BCUT2D eigenvalue weighted by atomic mass is 9.89. The van der Waals surface area contributed by atoms with Crippen LogP contribution in [0.15, 0.2) is 0 Å². The van der Waals surface area contributed by atoms with E-state index in [0.29, 0.717) is 0 Å². The second-order valence-corrected chi connectivity index (χ2v) is 6.30. The van der Waals surface area contributed by atoms with Crippen molar-refractivity contribution in [3.8, 4) is 6.07 Å². The highest BCUT2D eigenvalue weighted by atomic mass is 15.2. The predicted molar refractivity (Wildman–Crippen MR) is 76.4 cm³/mol. The van der Waals surface area contributed by atoms with Gasteiger partial charge in [-0.1, -0.05) is 6.42 Å². The topological polar surface area (TPSA) is 30.3 Å². The first-order valence-electron chi connectivity index (χ1n) is 7.36. The van der Waals surface area contributed by atoms with Gasteiger partial charge in [0.05, 0.1) is 11.5 Å². The van der Waals surface area contributed by atoms with E-state index in [1.807, 2.05) is 13.8 Å². The van der Waals surface area contributed by atoms with Crippen molar-refractivity contribution in [3.63, 3.8) is 0 Å². The van der Waals surface area contributed by atoms with E-state index in [-0.39, 0.29) is 5.41 Å². The Morgan fingerprint density at radius 1 is 1.17 bits per heavy atom. The highest BCUT2D eigenvalue weighted by molar-refractivity contribution is 4.91. The maximum Gasteiger partial charge on any atom is 0.0683 e. The summed E-state index contributed by atoms with van der Waals surface area (Å²) >= 11 is 0. The Morgan fingerprint density at radius 2 is 1.83 bits per heavy atom. The monoisotopic (exact) mass is 251 g/mol. The Balaban J connectivity index is 1.99. The molecule has 104 valence electrons. The van der Waals surface area contributed by atoms with Gasteiger partial charge in [0.1, 0.15) is 0 Å². The summed E-state index contributed by atoms with van der Waals surface area (Å²) in [4.78, 5) is 4.99. The number of likely N-dealkylation sites (tertiary alicyclic amines) is 1. The summed E-state index contributed by atoms with van der Waals surface area (Å²) in [6, 6.07) is 2.37. The lowest BCUT2D eigenvalue weighted by Crippen LogP contribution is -2.32. The molecule has 1 heterocycles. The Bertz CT molecular complexity index is 261. The minimum atomic E-state index is -0.145. The van der Waals surface area contributed by atoms with Crippen molar-refractivity contribution in [2.75, 3.05) is 39.8 Å². The van der Waals surface area contributed by atoms with Crippen molar-refractivity contribution in [2.24, 2.45) is 5.41 Å². The molecular formula is C15H29N3. The molecular weight excluding hydrogens is 222 g/mol. The molecule has 0 radical (unpaired) electrons. The van der Waals surface area contributed by atoms with Gasteiger partial charge in [0.25, 0.3) is 0 Å². The van der Waals surface area contributed by atoms with Crippen molar-refractivity contribution >= 4 is 0 Å². The summed E-state index contributed by atoms with van der Waals surface area (Å²) in [6.45, 7) is 10.2. The quantitative estimate of drug-likeness (QED) is 0.621. The first kappa shape index (κ1) is 15.5. The number of hydrogen-bond donors (Lipinski definition) is 0. The minimum absolute atomic E-state index is 0.145. The number of nitrogens with zero attached hydrogens (tertiary/aromatic N) is 3. The van der Waals surface area contributed by atoms with Crippen LogP contribution in [0, 0.1) is 16.7 Å². The fourth-order valence-corrected chi connectivity index (χ4v) is 2.43. The molecule has 1 aliphatic heterocycles. The molecule has 18 heavy (non-hydrogen) atoms. The van der Waals surface area contributed by atoms with E-state index in [1.165, 1.54) is 45.4 Å². The Morgan fingerprint density at radius 3 is 2.44 bits per heavy atom. The van der Waals surface area contributed by atoms with Crippen LogP contribution in [0.1, 0.15) is 46.0 Å². The largest absolute Gasteiger partial charge is 0.305 e. The van der Waals surface area contributed by atoms with E-state index in [4.69, 9.17) is 5.26 Å². The zero-order valence-corrected chi connectivity index (χ0v) is 12.4. The molecule has 0 saturated carbocycles. The molecule has 3 nitrogen and oxygen atoms in total. The molecule has 0 aliphatic carbocycles. The van der Waals surface area contributed by atoms with Gasteiger partial charge >= 0.3 is 0 Å². The van der Waals surface area contributed by atoms with Crippen LogP contribution >= 0.6 is 0 Å². The van der Waals surface area contributed by atoms with E-state index >= 15 is 0 Å². The average Bonchev–Trinajstić information content (AvgIpc) is 2.85. The maximum atomic E-state index is 8.94. The number of rotatable bonds is 8. The van der Waals surface area contributed by atoms with E-state index < -0.39 is 0 Å². The third kappa shape index (κ3) is 6.37. The van der Waals surface area contributed by atoms with Gasteiger partial charge < -0.3 is 9.80 Å². The summed E-state index contributed by atoms with van der Waals surface area (Å²) in [5, 5.41) is 8.94. The highest BCUT2D eigenvalue weighted by Gasteiger charge is 2.16. The molecule has 0 bridgehead atoms. The van der Waals surface area contributed by atoms with Gasteiger partial charge in [-0.05, 0) is 66.2 Å². The summed E-state index contributed by atoms with van der Waals surface area (Å²) in [5.41, 5.74) is -0.145. The Labute approximate surface area is 113 Å². The van der Waals surface area contributed by atoms with Gasteiger partial charge in [0.15, 0.2) is 0 Å². The van der Waals surface area contributed by atoms with Crippen molar-refractivity contribution in [2.45, 2.75) is 46.0 Å². The van der Waals surface area contributed by atoms with E-state index in [2.05, 4.69) is 22.9 Å². The van der Waals surface area contributed by atoms with Crippen LogP contribution in [0.3, 0.4) is 0 Å². The molecule has 1 aliphatic rings. The molecule has 0 unspecified atom stereocenters. The van der Waals surface area contributed by atoms with Crippen LogP contribution in [-0.2, 0) is 0 Å². The number of likely N-dealkylation sites (N-methyl/N-ethyl adjacent to an activating group) is 1. The van der Waals surface area contributed by atoms with Gasteiger partial charge in [-0.2, -0.15) is 5.26 Å². The maximum absolute atomic E-state index is 8.94. The van der Waals surface area contributed by atoms with Crippen molar-refractivity contribution < 1.29 is 0 Å². The number of hydrogen-bond acceptors (Lipinski definition) is 3. The van der Waals surface area contributed by atoms with Crippen molar-refractivity contribution in [3.05, 3.63) is 0 Å². The molecule has 0 amide bonds. The van der Waals surface area contributed by atoms with Crippen LogP contribution in [0.5, 0.6) is 0 Å². The summed E-state index contributed by atoms with van der Waals surface area (Å²) < 4.78 is 0. The molecule has 1 fully saturated rings. The van der Waals surface area contributed by atoms with Crippen LogP contribution in [0.2, 0.25) is 0 Å². The molecule has 1 saturated heterocycles. The highest BCUT2D eigenvalue weighted by Crippen LogP contribution is 2.21. The first-order chi connectivity index (χ1) is 8.53. The molecule has 0 spiro atoms. The predicted octanol–water partition coefficient (Wildman–Crippen LogP) is 2.73. The molecule has 0 atom stereocenters. The van der Waals surface area contributed by atoms with Gasteiger partial charge in [0.2, 0.25) is 0 Å². The zero-order chi connectivity index (χ0) is 13.4. The molecule has 1 rings (SSSR count). The van der Waals surface area contributed by atoms with Crippen LogP contribution < -0.4 is 0 Å². The third-order valence-corrected chi connectivity index (χ3v) is 3.89. The standard InChI is InChI=1S/C15H29N3/c1-15(2,14-16)8-4-5-9-17(3)12-13-18-10-6-7-11-18/h4-13H2,1-3H3. The third-order valence-electron chi connectivity index (χ3n) is 3.89. The average molecular weight is 251 g/mol. The SMILES string of the molecule is CN(CCCCC(C)(C)C#N)CCN1CCCC1.